The molecule has 1 aromatic carbocycles. The van der Waals surface area contributed by atoms with Crippen LogP contribution in [0.5, 0.6) is 0 Å². The molecule has 1 fully saturated rings. The standard InChI is InChI=1S/C15H24N2O/c1-2-8-16-9-11-17(12-10-16)13-15(18)14-6-4-3-5-7-14/h3-7,15,18H,2,8-13H2,1H3/t15-/m1/s1. The third-order valence-corrected chi connectivity index (χ3v) is 3.62. The Kier molecular flexibility index (Phi) is 5.17. The number of aliphatic hydroxyl groups is 1. The molecule has 0 unspecified atom stereocenters. The van der Waals surface area contributed by atoms with Gasteiger partial charge in [-0.3, -0.25) is 4.90 Å². The fraction of sp³-hybridized carbons (Fsp3) is 0.600. The zero-order valence-electron chi connectivity index (χ0n) is 11.3. The minimum Gasteiger partial charge on any atom is -0.387 e. The highest BCUT2D eigenvalue weighted by Gasteiger charge is 2.19. The summed E-state index contributed by atoms with van der Waals surface area (Å²) in [6.45, 7) is 8.60. The maximum absolute atomic E-state index is 10.2. The summed E-state index contributed by atoms with van der Waals surface area (Å²) in [5, 5.41) is 10.2. The summed E-state index contributed by atoms with van der Waals surface area (Å²) in [5.74, 6) is 0. The van der Waals surface area contributed by atoms with Crippen LogP contribution in [-0.4, -0.2) is 54.2 Å². The topological polar surface area (TPSA) is 26.7 Å². The second-order valence-corrected chi connectivity index (χ2v) is 5.07. The van der Waals surface area contributed by atoms with Crippen molar-refractivity contribution < 1.29 is 5.11 Å². The van der Waals surface area contributed by atoms with Gasteiger partial charge >= 0.3 is 0 Å². The molecule has 0 radical (unpaired) electrons. The lowest BCUT2D eigenvalue weighted by molar-refractivity contribution is 0.0726. The third-order valence-electron chi connectivity index (χ3n) is 3.62. The Morgan fingerprint density at radius 3 is 2.28 bits per heavy atom. The summed E-state index contributed by atoms with van der Waals surface area (Å²) in [7, 11) is 0. The van der Waals surface area contributed by atoms with Crippen molar-refractivity contribution in [3.63, 3.8) is 0 Å². The number of aliphatic hydroxyl groups excluding tert-OH is 1. The van der Waals surface area contributed by atoms with Gasteiger partial charge in [0.1, 0.15) is 0 Å². The molecule has 0 saturated carbocycles. The van der Waals surface area contributed by atoms with E-state index in [1.165, 1.54) is 13.0 Å². The number of benzene rings is 1. The van der Waals surface area contributed by atoms with Crippen LogP contribution >= 0.6 is 0 Å². The fourth-order valence-electron chi connectivity index (χ4n) is 2.54. The van der Waals surface area contributed by atoms with Crippen LogP contribution in [0.15, 0.2) is 30.3 Å². The Bertz CT molecular complexity index is 334. The van der Waals surface area contributed by atoms with Gasteiger partial charge in [-0.2, -0.15) is 0 Å². The van der Waals surface area contributed by atoms with Crippen molar-refractivity contribution in [2.24, 2.45) is 0 Å². The van der Waals surface area contributed by atoms with Crippen LogP contribution < -0.4 is 0 Å². The maximum Gasteiger partial charge on any atom is 0.0916 e. The first-order valence-electron chi connectivity index (χ1n) is 6.97. The quantitative estimate of drug-likeness (QED) is 0.860. The van der Waals surface area contributed by atoms with Crippen LogP contribution in [0.3, 0.4) is 0 Å². The summed E-state index contributed by atoms with van der Waals surface area (Å²) in [4.78, 5) is 4.87. The third kappa shape index (κ3) is 3.80. The highest BCUT2D eigenvalue weighted by atomic mass is 16.3. The Hall–Kier alpha value is -0.900. The average Bonchev–Trinajstić information content (AvgIpc) is 2.42. The monoisotopic (exact) mass is 248 g/mol. The van der Waals surface area contributed by atoms with Crippen molar-refractivity contribution in [2.75, 3.05) is 39.3 Å². The number of hydrogen-bond acceptors (Lipinski definition) is 3. The fourth-order valence-corrected chi connectivity index (χ4v) is 2.54. The van der Waals surface area contributed by atoms with Gasteiger partial charge in [-0.05, 0) is 18.5 Å². The molecule has 0 spiro atoms. The zero-order valence-corrected chi connectivity index (χ0v) is 11.3. The number of rotatable bonds is 5. The lowest BCUT2D eigenvalue weighted by atomic mass is 10.1. The summed E-state index contributed by atoms with van der Waals surface area (Å²) in [5.41, 5.74) is 1.02. The van der Waals surface area contributed by atoms with E-state index in [2.05, 4.69) is 16.7 Å². The van der Waals surface area contributed by atoms with Crippen LogP contribution in [0.2, 0.25) is 0 Å². The predicted octanol–water partition coefficient (Wildman–Crippen LogP) is 1.75. The molecule has 0 aromatic heterocycles. The van der Waals surface area contributed by atoms with E-state index in [0.29, 0.717) is 0 Å². The average molecular weight is 248 g/mol. The van der Waals surface area contributed by atoms with E-state index < -0.39 is 0 Å². The van der Waals surface area contributed by atoms with Crippen LogP contribution in [0.25, 0.3) is 0 Å². The van der Waals surface area contributed by atoms with Crippen LogP contribution in [0.4, 0.5) is 0 Å². The van der Waals surface area contributed by atoms with Gasteiger partial charge in [0.25, 0.3) is 0 Å². The van der Waals surface area contributed by atoms with Crippen molar-refractivity contribution in [1.29, 1.82) is 0 Å². The van der Waals surface area contributed by atoms with Crippen molar-refractivity contribution in [3.8, 4) is 0 Å². The molecule has 1 aliphatic rings. The molecule has 1 atom stereocenters. The van der Waals surface area contributed by atoms with Gasteiger partial charge in [0.2, 0.25) is 0 Å². The van der Waals surface area contributed by atoms with E-state index >= 15 is 0 Å². The molecule has 1 aromatic rings. The van der Waals surface area contributed by atoms with E-state index in [1.807, 2.05) is 30.3 Å². The Morgan fingerprint density at radius 2 is 1.67 bits per heavy atom. The summed E-state index contributed by atoms with van der Waals surface area (Å²) >= 11 is 0. The van der Waals surface area contributed by atoms with E-state index in [4.69, 9.17) is 0 Å². The van der Waals surface area contributed by atoms with E-state index in [1.54, 1.807) is 0 Å². The van der Waals surface area contributed by atoms with E-state index in [9.17, 15) is 5.11 Å². The van der Waals surface area contributed by atoms with Crippen LogP contribution in [-0.2, 0) is 0 Å². The second-order valence-electron chi connectivity index (χ2n) is 5.07. The van der Waals surface area contributed by atoms with E-state index in [0.717, 1.165) is 38.3 Å². The van der Waals surface area contributed by atoms with Gasteiger partial charge in [0, 0.05) is 32.7 Å². The van der Waals surface area contributed by atoms with Crippen LogP contribution in [0, 0.1) is 0 Å². The van der Waals surface area contributed by atoms with Gasteiger partial charge in [0.15, 0.2) is 0 Å². The highest BCUT2D eigenvalue weighted by Crippen LogP contribution is 2.14. The number of β-amino-alcohol motifs (C(OH)–C–C–N with tert-alkyl or cyclic N) is 1. The molecule has 2 rings (SSSR count). The molecule has 1 saturated heterocycles. The molecular weight excluding hydrogens is 224 g/mol. The first-order chi connectivity index (χ1) is 8.79. The van der Waals surface area contributed by atoms with Gasteiger partial charge in [-0.15, -0.1) is 0 Å². The zero-order chi connectivity index (χ0) is 12.8. The molecule has 0 aliphatic carbocycles. The van der Waals surface area contributed by atoms with E-state index in [-0.39, 0.29) is 6.10 Å². The number of hydrogen-bond donors (Lipinski definition) is 1. The Balaban J connectivity index is 1.78. The Morgan fingerprint density at radius 1 is 1.06 bits per heavy atom. The van der Waals surface area contributed by atoms with Gasteiger partial charge in [-0.1, -0.05) is 37.3 Å². The largest absolute Gasteiger partial charge is 0.387 e. The van der Waals surface area contributed by atoms with Crippen LogP contribution in [0.1, 0.15) is 25.0 Å². The molecule has 3 heteroatoms. The summed E-state index contributed by atoms with van der Waals surface area (Å²) in [6.07, 6.45) is 0.871. The number of piperazine rings is 1. The predicted molar refractivity (Wildman–Crippen MR) is 74.6 cm³/mol. The first-order valence-corrected chi connectivity index (χ1v) is 6.97. The van der Waals surface area contributed by atoms with Gasteiger partial charge in [0.05, 0.1) is 6.10 Å². The molecule has 1 heterocycles. The normalized spacial score (nSPS) is 19.9. The van der Waals surface area contributed by atoms with Crippen molar-refractivity contribution in [2.45, 2.75) is 19.4 Å². The van der Waals surface area contributed by atoms with Crippen molar-refractivity contribution in [3.05, 3.63) is 35.9 Å². The molecule has 0 bridgehead atoms. The first kappa shape index (κ1) is 13.5. The molecular formula is C15H24N2O. The minimum atomic E-state index is -0.357. The van der Waals surface area contributed by atoms with Crippen molar-refractivity contribution in [1.82, 2.24) is 9.80 Å². The SMILES string of the molecule is CCCN1CCN(C[C@@H](O)c2ccccc2)CC1. The van der Waals surface area contributed by atoms with Gasteiger partial charge < -0.3 is 10.0 Å². The molecule has 3 nitrogen and oxygen atoms in total. The van der Waals surface area contributed by atoms with Gasteiger partial charge in [-0.25, -0.2) is 0 Å². The second kappa shape index (κ2) is 6.88. The smallest absolute Gasteiger partial charge is 0.0916 e. The number of nitrogens with zero attached hydrogens (tertiary/aromatic N) is 2. The minimum absolute atomic E-state index is 0.357. The van der Waals surface area contributed by atoms with Crippen molar-refractivity contribution >= 4 is 0 Å². The molecule has 1 N–H and O–H groups in total. The molecule has 0 amide bonds. The lowest BCUT2D eigenvalue weighted by Gasteiger charge is -2.35. The molecule has 18 heavy (non-hydrogen) atoms. The summed E-state index contributed by atoms with van der Waals surface area (Å²) in [6, 6.07) is 9.95. The molecule has 1 aliphatic heterocycles. The molecule has 100 valence electrons. The lowest BCUT2D eigenvalue weighted by Crippen LogP contribution is -2.47. The Labute approximate surface area is 110 Å². The highest BCUT2D eigenvalue weighted by molar-refractivity contribution is 5.17. The summed E-state index contributed by atoms with van der Waals surface area (Å²) < 4.78 is 0. The maximum atomic E-state index is 10.2.